The van der Waals surface area contributed by atoms with Crippen molar-refractivity contribution in [3.05, 3.63) is 34.4 Å². The average molecular weight is 216 g/mol. The lowest BCUT2D eigenvalue weighted by Gasteiger charge is -2.04. The number of carboxylic acids is 2. The summed E-state index contributed by atoms with van der Waals surface area (Å²) in [6, 6.07) is 5.25. The molecule has 6 nitrogen and oxygen atoms in total. The Morgan fingerprint density at radius 3 is 2.06 bits per heavy atom. The van der Waals surface area contributed by atoms with Crippen molar-refractivity contribution in [1.29, 1.82) is 10.5 Å². The maximum Gasteiger partial charge on any atom is 0.337 e. The van der Waals surface area contributed by atoms with Gasteiger partial charge in [0.05, 0.1) is 22.3 Å². The van der Waals surface area contributed by atoms with Crippen LogP contribution in [0.15, 0.2) is 12.1 Å². The van der Waals surface area contributed by atoms with Gasteiger partial charge in [0.1, 0.15) is 12.1 Å². The summed E-state index contributed by atoms with van der Waals surface area (Å²) in [5, 5.41) is 34.9. The molecule has 78 valence electrons. The van der Waals surface area contributed by atoms with Crippen LogP contribution in [-0.2, 0) is 0 Å². The minimum absolute atomic E-state index is 0.162. The van der Waals surface area contributed by atoms with E-state index in [0.29, 0.717) is 0 Å². The third-order valence-electron chi connectivity index (χ3n) is 1.88. The van der Waals surface area contributed by atoms with E-state index >= 15 is 0 Å². The summed E-state index contributed by atoms with van der Waals surface area (Å²) < 4.78 is 0. The third kappa shape index (κ3) is 1.68. The van der Waals surface area contributed by atoms with Gasteiger partial charge >= 0.3 is 11.9 Å². The summed E-state index contributed by atoms with van der Waals surface area (Å²) in [6.07, 6.45) is 0. The lowest BCUT2D eigenvalue weighted by atomic mass is 9.97. The lowest BCUT2D eigenvalue weighted by molar-refractivity contribution is 0.0651. The highest BCUT2D eigenvalue weighted by atomic mass is 16.4. The molecule has 0 fully saturated rings. The van der Waals surface area contributed by atoms with Crippen LogP contribution in [0.3, 0.4) is 0 Å². The van der Waals surface area contributed by atoms with E-state index in [1.54, 1.807) is 6.07 Å². The normalized spacial score (nSPS) is 8.88. The fraction of sp³-hybridized carbons (Fsp3) is 0. The number of benzene rings is 1. The van der Waals surface area contributed by atoms with E-state index in [9.17, 15) is 9.59 Å². The molecule has 0 unspecified atom stereocenters. The first-order chi connectivity index (χ1) is 7.52. The van der Waals surface area contributed by atoms with Gasteiger partial charge in [-0.2, -0.15) is 10.5 Å². The topological polar surface area (TPSA) is 122 Å². The van der Waals surface area contributed by atoms with Crippen molar-refractivity contribution in [2.45, 2.75) is 0 Å². The van der Waals surface area contributed by atoms with Gasteiger partial charge in [-0.25, -0.2) is 9.59 Å². The molecule has 0 saturated carbocycles. The first-order valence-corrected chi connectivity index (χ1v) is 3.96. The second kappa shape index (κ2) is 4.11. The molecule has 0 aliphatic rings. The van der Waals surface area contributed by atoms with Gasteiger partial charge in [0.25, 0.3) is 0 Å². The summed E-state index contributed by atoms with van der Waals surface area (Å²) in [5.41, 5.74) is -1.77. The molecule has 0 heterocycles. The first-order valence-electron chi connectivity index (χ1n) is 3.96. The van der Waals surface area contributed by atoms with E-state index in [0.717, 1.165) is 12.1 Å². The summed E-state index contributed by atoms with van der Waals surface area (Å²) in [4.78, 5) is 21.6. The monoisotopic (exact) mass is 216 g/mol. The number of carbonyl (C=O) groups is 2. The Kier molecular flexibility index (Phi) is 2.88. The molecule has 0 amide bonds. The van der Waals surface area contributed by atoms with Crippen LogP contribution in [0.2, 0.25) is 0 Å². The molecule has 0 aliphatic heterocycles. The standard InChI is InChI=1S/C10H4N2O4/c11-3-5-1-2-6(9(13)14)8(10(15)16)7(5)4-12/h1-2H,(H,13,14)(H,15,16). The van der Waals surface area contributed by atoms with Gasteiger partial charge < -0.3 is 10.2 Å². The molecule has 1 aromatic rings. The number of rotatable bonds is 2. The first kappa shape index (κ1) is 11.2. The minimum Gasteiger partial charge on any atom is -0.478 e. The molecular weight excluding hydrogens is 212 g/mol. The zero-order chi connectivity index (χ0) is 12.3. The van der Waals surface area contributed by atoms with Crippen molar-refractivity contribution >= 4 is 11.9 Å². The largest absolute Gasteiger partial charge is 0.478 e. The Labute approximate surface area is 89.6 Å². The van der Waals surface area contributed by atoms with Crippen molar-refractivity contribution in [3.63, 3.8) is 0 Å². The number of hydrogen-bond donors (Lipinski definition) is 2. The lowest BCUT2D eigenvalue weighted by Crippen LogP contribution is -2.11. The molecule has 0 spiro atoms. The van der Waals surface area contributed by atoms with Gasteiger partial charge in [0.15, 0.2) is 0 Å². The van der Waals surface area contributed by atoms with Crippen molar-refractivity contribution in [2.24, 2.45) is 0 Å². The molecule has 0 saturated heterocycles. The van der Waals surface area contributed by atoms with Crippen LogP contribution in [-0.4, -0.2) is 22.2 Å². The van der Waals surface area contributed by atoms with Gasteiger partial charge in [-0.1, -0.05) is 0 Å². The molecule has 1 rings (SSSR count). The maximum atomic E-state index is 10.9. The van der Waals surface area contributed by atoms with E-state index in [4.69, 9.17) is 20.7 Å². The van der Waals surface area contributed by atoms with Crippen molar-refractivity contribution in [2.75, 3.05) is 0 Å². The van der Waals surface area contributed by atoms with Gasteiger partial charge in [-0.3, -0.25) is 0 Å². The van der Waals surface area contributed by atoms with Crippen molar-refractivity contribution < 1.29 is 19.8 Å². The zero-order valence-corrected chi connectivity index (χ0v) is 7.76. The smallest absolute Gasteiger partial charge is 0.337 e. The number of aromatic carboxylic acids is 2. The predicted molar refractivity (Wildman–Crippen MR) is 49.8 cm³/mol. The minimum atomic E-state index is -1.55. The van der Waals surface area contributed by atoms with Gasteiger partial charge in [0, 0.05) is 0 Å². The fourth-order valence-electron chi connectivity index (χ4n) is 1.21. The summed E-state index contributed by atoms with van der Waals surface area (Å²) >= 11 is 0. The summed E-state index contributed by atoms with van der Waals surface area (Å²) in [6.45, 7) is 0. The average Bonchev–Trinajstić information content (AvgIpc) is 2.26. The van der Waals surface area contributed by atoms with Crippen LogP contribution in [0, 0.1) is 22.7 Å². The van der Waals surface area contributed by atoms with Crippen LogP contribution in [0.5, 0.6) is 0 Å². The number of nitriles is 2. The van der Waals surface area contributed by atoms with E-state index < -0.39 is 28.6 Å². The number of carboxylic acid groups (broad SMARTS) is 2. The molecule has 1 aromatic carbocycles. The van der Waals surface area contributed by atoms with Gasteiger partial charge in [-0.05, 0) is 12.1 Å². The van der Waals surface area contributed by atoms with Crippen LogP contribution in [0.1, 0.15) is 31.8 Å². The molecule has 0 bridgehead atoms. The Morgan fingerprint density at radius 2 is 1.69 bits per heavy atom. The van der Waals surface area contributed by atoms with Crippen LogP contribution < -0.4 is 0 Å². The Bertz CT molecular complexity index is 563. The Balaban J connectivity index is 3.74. The second-order valence-corrected chi connectivity index (χ2v) is 2.74. The highest BCUT2D eigenvalue weighted by Gasteiger charge is 2.22. The highest BCUT2D eigenvalue weighted by Crippen LogP contribution is 2.18. The molecule has 0 atom stereocenters. The molecule has 0 radical (unpaired) electrons. The predicted octanol–water partition coefficient (Wildman–Crippen LogP) is 0.826. The number of nitrogens with zero attached hydrogens (tertiary/aromatic N) is 2. The van der Waals surface area contributed by atoms with Crippen molar-refractivity contribution in [3.8, 4) is 12.1 Å². The Hall–Kier alpha value is -2.86. The molecule has 2 N–H and O–H groups in total. The molecular formula is C10H4N2O4. The SMILES string of the molecule is N#Cc1ccc(C(=O)O)c(C(=O)O)c1C#N. The van der Waals surface area contributed by atoms with Gasteiger partial charge in [0.2, 0.25) is 0 Å². The maximum absolute atomic E-state index is 10.9. The molecule has 16 heavy (non-hydrogen) atoms. The van der Waals surface area contributed by atoms with Crippen LogP contribution in [0.25, 0.3) is 0 Å². The van der Waals surface area contributed by atoms with E-state index in [2.05, 4.69) is 0 Å². The second-order valence-electron chi connectivity index (χ2n) is 2.74. The summed E-state index contributed by atoms with van der Waals surface area (Å²) in [5.74, 6) is -3.01. The van der Waals surface area contributed by atoms with Crippen LogP contribution >= 0.6 is 0 Å². The van der Waals surface area contributed by atoms with E-state index in [1.165, 1.54) is 6.07 Å². The summed E-state index contributed by atoms with van der Waals surface area (Å²) in [7, 11) is 0. The molecule has 0 aliphatic carbocycles. The third-order valence-corrected chi connectivity index (χ3v) is 1.88. The fourth-order valence-corrected chi connectivity index (χ4v) is 1.21. The van der Waals surface area contributed by atoms with Gasteiger partial charge in [-0.15, -0.1) is 0 Å². The molecule has 6 heteroatoms. The Morgan fingerprint density at radius 1 is 1.06 bits per heavy atom. The van der Waals surface area contributed by atoms with E-state index in [1.807, 2.05) is 0 Å². The molecule has 0 aromatic heterocycles. The highest BCUT2D eigenvalue weighted by molar-refractivity contribution is 6.04. The van der Waals surface area contributed by atoms with Crippen LogP contribution in [0.4, 0.5) is 0 Å². The van der Waals surface area contributed by atoms with Crippen molar-refractivity contribution in [1.82, 2.24) is 0 Å². The zero-order valence-electron chi connectivity index (χ0n) is 7.76. The quantitative estimate of drug-likeness (QED) is 0.754. The van der Waals surface area contributed by atoms with E-state index in [-0.39, 0.29) is 5.56 Å². The number of hydrogen-bond acceptors (Lipinski definition) is 4.